The van der Waals surface area contributed by atoms with Crippen molar-refractivity contribution in [1.82, 2.24) is 0 Å². The Kier molecular flexibility index (Phi) is 6.83. The van der Waals surface area contributed by atoms with E-state index in [9.17, 15) is 9.59 Å². The Morgan fingerprint density at radius 1 is 1.00 bits per heavy atom. The van der Waals surface area contributed by atoms with Gasteiger partial charge in [0.1, 0.15) is 11.5 Å². The summed E-state index contributed by atoms with van der Waals surface area (Å²) in [5.41, 5.74) is 0.598. The lowest BCUT2D eigenvalue weighted by molar-refractivity contribution is -0.153. The third kappa shape index (κ3) is 6.18. The van der Waals surface area contributed by atoms with E-state index in [-0.39, 0.29) is 13.0 Å². The summed E-state index contributed by atoms with van der Waals surface area (Å²) >= 11 is 0. The normalized spacial score (nSPS) is 11.3. The van der Waals surface area contributed by atoms with E-state index in [4.69, 9.17) is 14.2 Å². The number of carbonyl (C=O) groups excluding carboxylic acids is 2. The van der Waals surface area contributed by atoms with Crippen LogP contribution in [-0.2, 0) is 14.3 Å². The highest BCUT2D eigenvalue weighted by atomic mass is 16.5. The number of benzene rings is 2. The summed E-state index contributed by atoms with van der Waals surface area (Å²) in [4.78, 5) is 23.8. The van der Waals surface area contributed by atoms with Gasteiger partial charge in [-0.15, -0.1) is 0 Å². The maximum Gasteiger partial charge on any atom is 0.310 e. The number of rotatable bonds is 8. The van der Waals surface area contributed by atoms with Crippen LogP contribution in [-0.4, -0.2) is 31.7 Å². The second kappa shape index (κ2) is 9.32. The van der Waals surface area contributed by atoms with Crippen LogP contribution in [0.3, 0.4) is 0 Å². The first-order chi connectivity index (χ1) is 12.1. The third-order valence-electron chi connectivity index (χ3n) is 3.35. The lowest BCUT2D eigenvalue weighted by Crippen LogP contribution is -2.30. The molecule has 2 aromatic carbocycles. The Bertz CT molecular complexity index is 685. The number of carbonyl (C=O) groups is 2. The molecule has 0 saturated carbocycles. The molecule has 2 rings (SSSR count). The molecule has 0 aliphatic heterocycles. The Morgan fingerprint density at radius 3 is 2.32 bits per heavy atom. The van der Waals surface area contributed by atoms with E-state index in [1.165, 1.54) is 6.92 Å². The number of ether oxygens (including phenoxy) is 3. The van der Waals surface area contributed by atoms with Crippen LogP contribution < -0.4 is 14.8 Å². The van der Waals surface area contributed by atoms with Gasteiger partial charge < -0.3 is 19.5 Å². The van der Waals surface area contributed by atoms with Crippen molar-refractivity contribution in [1.29, 1.82) is 0 Å². The fourth-order valence-electron chi connectivity index (χ4n) is 2.00. The van der Waals surface area contributed by atoms with E-state index in [0.29, 0.717) is 17.2 Å². The van der Waals surface area contributed by atoms with Crippen LogP contribution in [0.5, 0.6) is 11.5 Å². The Balaban J connectivity index is 1.72. The predicted molar refractivity (Wildman–Crippen MR) is 93.7 cm³/mol. The number of amides is 1. The number of methoxy groups -OCH3 is 1. The number of hydrogen-bond donors (Lipinski definition) is 1. The van der Waals surface area contributed by atoms with Gasteiger partial charge in [0, 0.05) is 5.69 Å². The summed E-state index contributed by atoms with van der Waals surface area (Å²) in [7, 11) is 1.57. The van der Waals surface area contributed by atoms with Crippen LogP contribution in [0.2, 0.25) is 0 Å². The van der Waals surface area contributed by atoms with Crippen molar-refractivity contribution >= 4 is 17.6 Å². The second-order valence-corrected chi connectivity index (χ2v) is 5.26. The SMILES string of the molecule is COc1ccc(NC(=O)[C@@H](C)OC(=O)CCOc2ccccc2)cc1. The van der Waals surface area contributed by atoms with Crippen molar-refractivity contribution in [3.63, 3.8) is 0 Å². The maximum absolute atomic E-state index is 12.0. The summed E-state index contributed by atoms with van der Waals surface area (Å²) in [6.45, 7) is 1.71. The van der Waals surface area contributed by atoms with E-state index in [0.717, 1.165) is 0 Å². The van der Waals surface area contributed by atoms with Gasteiger partial charge in [-0.1, -0.05) is 18.2 Å². The number of esters is 1. The minimum atomic E-state index is -0.897. The summed E-state index contributed by atoms with van der Waals surface area (Å²) < 4.78 is 15.6. The first-order valence-corrected chi connectivity index (χ1v) is 7.90. The van der Waals surface area contributed by atoms with Gasteiger partial charge in [-0.2, -0.15) is 0 Å². The predicted octanol–water partition coefficient (Wildman–Crippen LogP) is 3.03. The molecule has 0 unspecified atom stereocenters. The second-order valence-electron chi connectivity index (χ2n) is 5.26. The van der Waals surface area contributed by atoms with Crippen LogP contribution in [0.4, 0.5) is 5.69 Å². The topological polar surface area (TPSA) is 73.9 Å². The molecule has 1 atom stereocenters. The molecule has 0 saturated heterocycles. The molecule has 6 heteroatoms. The highest BCUT2D eigenvalue weighted by molar-refractivity contribution is 5.95. The molecular formula is C19H21NO5. The molecule has 0 aromatic heterocycles. The first-order valence-electron chi connectivity index (χ1n) is 7.90. The van der Waals surface area contributed by atoms with Crippen molar-refractivity contribution in [3.8, 4) is 11.5 Å². The van der Waals surface area contributed by atoms with Crippen LogP contribution in [0.25, 0.3) is 0 Å². The van der Waals surface area contributed by atoms with Crippen LogP contribution in [0.15, 0.2) is 54.6 Å². The quantitative estimate of drug-likeness (QED) is 0.746. The van der Waals surface area contributed by atoms with E-state index in [1.807, 2.05) is 18.2 Å². The van der Waals surface area contributed by atoms with E-state index in [2.05, 4.69) is 5.32 Å². The number of hydrogen-bond acceptors (Lipinski definition) is 5. The Labute approximate surface area is 146 Å². The van der Waals surface area contributed by atoms with Crippen LogP contribution in [0, 0.1) is 0 Å². The standard InChI is InChI=1S/C19H21NO5/c1-14(19(22)20-15-8-10-16(23-2)11-9-15)25-18(21)12-13-24-17-6-4-3-5-7-17/h3-11,14H,12-13H2,1-2H3,(H,20,22)/t14-/m1/s1. The lowest BCUT2D eigenvalue weighted by Gasteiger charge is -2.14. The smallest absolute Gasteiger partial charge is 0.310 e. The number of nitrogens with one attached hydrogen (secondary N) is 1. The van der Waals surface area contributed by atoms with Gasteiger partial charge in [0.2, 0.25) is 0 Å². The zero-order valence-electron chi connectivity index (χ0n) is 14.2. The third-order valence-corrected chi connectivity index (χ3v) is 3.35. The average Bonchev–Trinajstić information content (AvgIpc) is 2.63. The molecule has 0 aliphatic carbocycles. The monoisotopic (exact) mass is 343 g/mol. The summed E-state index contributed by atoms with van der Waals surface area (Å²) in [6, 6.07) is 16.0. The number of para-hydroxylation sites is 1. The highest BCUT2D eigenvalue weighted by Gasteiger charge is 2.18. The lowest BCUT2D eigenvalue weighted by atomic mass is 10.3. The van der Waals surface area contributed by atoms with Crippen molar-refractivity contribution in [3.05, 3.63) is 54.6 Å². The van der Waals surface area contributed by atoms with Crippen LogP contribution >= 0.6 is 0 Å². The zero-order chi connectivity index (χ0) is 18.1. The molecule has 6 nitrogen and oxygen atoms in total. The van der Waals surface area contributed by atoms with Gasteiger partial charge >= 0.3 is 5.97 Å². The Hall–Kier alpha value is -3.02. The average molecular weight is 343 g/mol. The van der Waals surface area contributed by atoms with Gasteiger partial charge in [0.25, 0.3) is 5.91 Å². The fraction of sp³-hybridized carbons (Fsp3) is 0.263. The van der Waals surface area contributed by atoms with Crippen molar-refractivity contribution in [2.45, 2.75) is 19.4 Å². The molecule has 0 fully saturated rings. The van der Waals surface area contributed by atoms with E-state index < -0.39 is 18.0 Å². The summed E-state index contributed by atoms with van der Waals surface area (Å²) in [6.07, 6.45) is -0.832. The fourth-order valence-corrected chi connectivity index (χ4v) is 2.00. The zero-order valence-corrected chi connectivity index (χ0v) is 14.2. The molecule has 1 amide bonds. The molecule has 1 N–H and O–H groups in total. The minimum absolute atomic E-state index is 0.0645. The first kappa shape index (κ1) is 18.3. The molecule has 132 valence electrons. The van der Waals surface area contributed by atoms with Crippen molar-refractivity contribution < 1.29 is 23.8 Å². The van der Waals surface area contributed by atoms with Crippen molar-refractivity contribution in [2.75, 3.05) is 19.0 Å². The molecule has 0 aliphatic rings. The molecule has 0 heterocycles. The van der Waals surface area contributed by atoms with Crippen molar-refractivity contribution in [2.24, 2.45) is 0 Å². The van der Waals surface area contributed by atoms with Gasteiger partial charge in [-0.05, 0) is 43.3 Å². The minimum Gasteiger partial charge on any atom is -0.497 e. The molecule has 25 heavy (non-hydrogen) atoms. The molecule has 2 aromatic rings. The molecule has 0 spiro atoms. The van der Waals surface area contributed by atoms with E-state index in [1.54, 1.807) is 43.5 Å². The van der Waals surface area contributed by atoms with Gasteiger partial charge in [0.15, 0.2) is 6.10 Å². The Morgan fingerprint density at radius 2 is 1.68 bits per heavy atom. The van der Waals surface area contributed by atoms with E-state index >= 15 is 0 Å². The van der Waals surface area contributed by atoms with Crippen LogP contribution in [0.1, 0.15) is 13.3 Å². The van der Waals surface area contributed by atoms with Gasteiger partial charge in [-0.25, -0.2) is 0 Å². The largest absolute Gasteiger partial charge is 0.497 e. The summed E-state index contributed by atoms with van der Waals surface area (Å²) in [5.74, 6) is 0.479. The van der Waals surface area contributed by atoms with Gasteiger partial charge in [-0.3, -0.25) is 9.59 Å². The number of anilines is 1. The molecule has 0 radical (unpaired) electrons. The maximum atomic E-state index is 12.0. The highest BCUT2D eigenvalue weighted by Crippen LogP contribution is 2.15. The van der Waals surface area contributed by atoms with Gasteiger partial charge in [0.05, 0.1) is 20.1 Å². The summed E-state index contributed by atoms with van der Waals surface area (Å²) in [5, 5.41) is 2.68. The molecular weight excluding hydrogens is 322 g/mol. The molecule has 0 bridgehead atoms.